The smallest absolute Gasteiger partial charge is 0.325 e. The molecule has 8 heteroatoms. The van der Waals surface area contributed by atoms with E-state index < -0.39 is 11.9 Å². The Kier molecular flexibility index (Phi) is 11.6. The predicted molar refractivity (Wildman–Crippen MR) is 141 cm³/mol. The fraction of sp³-hybridized carbons (Fsp3) is 0.296. The van der Waals surface area contributed by atoms with Crippen LogP contribution in [0.5, 0.6) is 0 Å². The molecule has 0 aliphatic carbocycles. The number of rotatable bonds is 8. The van der Waals surface area contributed by atoms with Crippen molar-refractivity contribution in [1.82, 2.24) is 10.3 Å². The van der Waals surface area contributed by atoms with Gasteiger partial charge in [0.25, 0.3) is 5.91 Å². The van der Waals surface area contributed by atoms with E-state index in [0.29, 0.717) is 12.3 Å². The first-order valence-electron chi connectivity index (χ1n) is 11.3. The highest BCUT2D eigenvalue weighted by atomic mass is 79.9. The first-order valence-corrected chi connectivity index (χ1v) is 12.1. The van der Waals surface area contributed by atoms with Gasteiger partial charge in [0.1, 0.15) is 13.2 Å². The number of carbonyl (C=O) groups is 2. The molecule has 1 N–H and O–H groups in total. The lowest BCUT2D eigenvalue weighted by molar-refractivity contribution is -0.143. The predicted octanol–water partition coefficient (Wildman–Crippen LogP) is 4.86. The monoisotopic (exact) mass is 539 g/mol. The summed E-state index contributed by atoms with van der Waals surface area (Å²) in [5, 5.41) is 8.56. The number of nitrogens with zero attached hydrogens (tertiary/aromatic N) is 2. The maximum Gasteiger partial charge on any atom is 0.325 e. The largest absolute Gasteiger partial charge is 0.486 e. The second-order valence-electron chi connectivity index (χ2n) is 7.23. The molecule has 2 aromatic carbocycles. The van der Waals surface area contributed by atoms with Gasteiger partial charge in [-0.2, -0.15) is 5.10 Å². The van der Waals surface area contributed by atoms with Crippen molar-refractivity contribution in [3.05, 3.63) is 75.4 Å². The quantitative estimate of drug-likeness (QED) is 0.294. The van der Waals surface area contributed by atoms with Crippen molar-refractivity contribution in [2.45, 2.75) is 40.3 Å². The molecule has 2 aromatic rings. The third-order valence-electron chi connectivity index (χ3n) is 4.70. The Morgan fingerprint density at radius 1 is 1.23 bits per heavy atom. The summed E-state index contributed by atoms with van der Waals surface area (Å²) >= 11 is 3.50. The lowest BCUT2D eigenvalue weighted by Gasteiger charge is -2.30. The van der Waals surface area contributed by atoms with E-state index in [1.165, 1.54) is 0 Å². The molecule has 0 bridgehead atoms. The maximum atomic E-state index is 13.1. The van der Waals surface area contributed by atoms with Gasteiger partial charge in [0.05, 0.1) is 13.2 Å². The van der Waals surface area contributed by atoms with Gasteiger partial charge in [0, 0.05) is 22.7 Å². The Morgan fingerprint density at radius 2 is 1.94 bits per heavy atom. The van der Waals surface area contributed by atoms with Crippen molar-refractivity contribution in [3.63, 3.8) is 0 Å². The number of benzene rings is 2. The maximum absolute atomic E-state index is 13.1. The molecule has 3 rings (SSSR count). The summed E-state index contributed by atoms with van der Waals surface area (Å²) in [5.74, 6) is 1.87. The van der Waals surface area contributed by atoms with Crippen molar-refractivity contribution in [2.75, 3.05) is 13.2 Å². The van der Waals surface area contributed by atoms with E-state index >= 15 is 0 Å². The third-order valence-corrected chi connectivity index (χ3v) is 5.20. The molecule has 35 heavy (non-hydrogen) atoms. The van der Waals surface area contributed by atoms with Gasteiger partial charge < -0.3 is 14.8 Å². The summed E-state index contributed by atoms with van der Waals surface area (Å²) in [5.41, 5.74) is 2.98. The number of ether oxygens (including phenoxy) is 2. The van der Waals surface area contributed by atoms with E-state index in [4.69, 9.17) is 15.9 Å². The molecule has 1 aliphatic rings. The molecule has 7 nitrogen and oxygen atoms in total. The minimum absolute atomic E-state index is 0.237. The Morgan fingerprint density at radius 3 is 2.57 bits per heavy atom. The SMILES string of the molecule is C#CCC.C/C=N\N1Cc2cc(Br)ccc2C(OCc2ccccc2)=C1C(=O)NCC(=O)OCC. The number of halogens is 1. The molecule has 0 fully saturated rings. The van der Waals surface area contributed by atoms with Crippen LogP contribution >= 0.6 is 15.9 Å². The summed E-state index contributed by atoms with van der Waals surface area (Å²) in [6.45, 7) is 6.11. The van der Waals surface area contributed by atoms with Crippen molar-refractivity contribution < 1.29 is 19.1 Å². The van der Waals surface area contributed by atoms with Gasteiger partial charge in [-0.3, -0.25) is 14.6 Å². The zero-order valence-electron chi connectivity index (χ0n) is 20.2. The summed E-state index contributed by atoms with van der Waals surface area (Å²) in [7, 11) is 0. The van der Waals surface area contributed by atoms with Crippen LogP contribution in [0, 0.1) is 12.3 Å². The van der Waals surface area contributed by atoms with Crippen LogP contribution in [0.4, 0.5) is 0 Å². The van der Waals surface area contributed by atoms with E-state index in [1.54, 1.807) is 25.1 Å². The molecule has 0 atom stereocenters. The molecule has 0 aromatic heterocycles. The average Bonchev–Trinajstić information content (AvgIpc) is 2.86. The minimum Gasteiger partial charge on any atom is -0.486 e. The van der Waals surface area contributed by atoms with E-state index in [9.17, 15) is 9.59 Å². The molecule has 1 aliphatic heterocycles. The molecule has 0 radical (unpaired) electrons. The number of hydrogen-bond acceptors (Lipinski definition) is 6. The van der Waals surface area contributed by atoms with Crippen LogP contribution < -0.4 is 5.32 Å². The number of carbonyl (C=O) groups excluding carboxylic acids is 2. The Balaban J connectivity index is 0.00000100. The lowest BCUT2D eigenvalue weighted by Crippen LogP contribution is -2.38. The number of esters is 1. The number of nitrogens with one attached hydrogen (secondary N) is 1. The zero-order chi connectivity index (χ0) is 25.6. The number of terminal acetylenes is 1. The highest BCUT2D eigenvalue weighted by Crippen LogP contribution is 2.35. The topological polar surface area (TPSA) is 80.2 Å². The van der Waals surface area contributed by atoms with Crippen molar-refractivity contribution in [1.29, 1.82) is 0 Å². The van der Waals surface area contributed by atoms with Gasteiger partial charge in [-0.05, 0) is 43.2 Å². The summed E-state index contributed by atoms with van der Waals surface area (Å²) < 4.78 is 12.0. The normalized spacial score (nSPS) is 12.3. The Hall–Kier alpha value is -3.57. The number of hydrazone groups is 1. The fourth-order valence-corrected chi connectivity index (χ4v) is 3.59. The van der Waals surface area contributed by atoms with Gasteiger partial charge in [0.2, 0.25) is 0 Å². The average molecular weight is 540 g/mol. The third kappa shape index (κ3) is 8.30. The first kappa shape index (κ1) is 27.7. The first-order chi connectivity index (χ1) is 16.9. The minimum atomic E-state index is -0.506. The molecule has 0 unspecified atom stereocenters. The van der Waals surface area contributed by atoms with E-state index in [0.717, 1.165) is 27.6 Å². The van der Waals surface area contributed by atoms with Crippen molar-refractivity contribution in [3.8, 4) is 12.3 Å². The van der Waals surface area contributed by atoms with Crippen LogP contribution in [0.3, 0.4) is 0 Å². The van der Waals surface area contributed by atoms with Gasteiger partial charge in [-0.25, -0.2) is 0 Å². The van der Waals surface area contributed by atoms with Crippen LogP contribution in [0.2, 0.25) is 0 Å². The van der Waals surface area contributed by atoms with Crippen molar-refractivity contribution in [2.24, 2.45) is 5.10 Å². The highest BCUT2D eigenvalue weighted by Gasteiger charge is 2.31. The standard InChI is InChI=1S/C23H24BrN3O4.C4H6/c1-3-26-27-14-17-12-18(24)10-11-19(17)22(31-15-16-8-6-5-7-9-16)21(27)23(29)25-13-20(28)30-4-2;1-3-4-2/h3,5-12H,4,13-15H2,1-2H3,(H,25,29);1H,4H2,2H3/b26-3-;. The zero-order valence-corrected chi connectivity index (χ0v) is 21.8. The molecule has 0 saturated carbocycles. The Bertz CT molecular complexity index is 1110. The van der Waals surface area contributed by atoms with Crippen LogP contribution in [-0.2, 0) is 32.2 Å². The Labute approximate surface area is 215 Å². The van der Waals surface area contributed by atoms with Gasteiger partial charge in [0.15, 0.2) is 11.5 Å². The van der Waals surface area contributed by atoms with Gasteiger partial charge in [-0.15, -0.1) is 12.3 Å². The van der Waals surface area contributed by atoms with E-state index in [2.05, 4.69) is 32.3 Å². The summed E-state index contributed by atoms with van der Waals surface area (Å²) in [6, 6.07) is 15.5. The second-order valence-corrected chi connectivity index (χ2v) is 8.15. The summed E-state index contributed by atoms with van der Waals surface area (Å²) in [4.78, 5) is 24.8. The van der Waals surface area contributed by atoms with Crippen molar-refractivity contribution >= 4 is 39.8 Å². The van der Waals surface area contributed by atoms with Crippen LogP contribution in [0.25, 0.3) is 5.76 Å². The van der Waals surface area contributed by atoms with E-state index in [1.807, 2.05) is 55.5 Å². The number of hydrogen-bond donors (Lipinski definition) is 1. The molecular formula is C27H30BrN3O4. The summed E-state index contributed by atoms with van der Waals surface area (Å²) in [6.07, 6.45) is 7.23. The van der Waals surface area contributed by atoms with Gasteiger partial charge in [-0.1, -0.05) is 53.2 Å². The molecule has 1 heterocycles. The molecule has 184 valence electrons. The van der Waals surface area contributed by atoms with Crippen LogP contribution in [0.15, 0.2) is 63.8 Å². The molecular weight excluding hydrogens is 510 g/mol. The molecule has 1 amide bonds. The van der Waals surface area contributed by atoms with E-state index in [-0.39, 0.29) is 25.5 Å². The fourth-order valence-electron chi connectivity index (χ4n) is 3.18. The van der Waals surface area contributed by atoms with Gasteiger partial charge >= 0.3 is 5.97 Å². The van der Waals surface area contributed by atoms with Crippen LogP contribution in [-0.4, -0.2) is 36.3 Å². The second kappa shape index (κ2) is 14.6. The lowest BCUT2D eigenvalue weighted by atomic mass is 10.00. The highest BCUT2D eigenvalue weighted by molar-refractivity contribution is 9.10. The molecule has 0 saturated heterocycles. The van der Waals surface area contributed by atoms with Crippen LogP contribution in [0.1, 0.15) is 43.9 Å². The number of amides is 1. The molecule has 0 spiro atoms. The number of fused-ring (bicyclic) bond motifs is 1.